The van der Waals surface area contributed by atoms with Crippen molar-refractivity contribution >= 4 is 24.0 Å². The Morgan fingerprint density at radius 2 is 1.44 bits per heavy atom. The maximum Gasteiger partial charge on any atom is 0.245 e. The number of hydrogen-bond donors (Lipinski definition) is 2. The van der Waals surface area contributed by atoms with Crippen LogP contribution in [0.4, 0.5) is 5.69 Å². The van der Waals surface area contributed by atoms with Gasteiger partial charge in [-0.2, -0.15) is 0 Å². The minimum Gasteiger partial charge on any atom is -0.324 e. The van der Waals surface area contributed by atoms with Crippen molar-refractivity contribution in [2.24, 2.45) is 5.73 Å². The van der Waals surface area contributed by atoms with E-state index in [0.29, 0.717) is 0 Å². The molecule has 0 unspecified atom stereocenters. The lowest BCUT2D eigenvalue weighted by molar-refractivity contribution is -0.117. The maximum atomic E-state index is 11.9. The van der Waals surface area contributed by atoms with E-state index in [-0.39, 0.29) is 18.3 Å². The summed E-state index contributed by atoms with van der Waals surface area (Å²) in [5, 5.41) is 2.78. The van der Waals surface area contributed by atoms with Crippen molar-refractivity contribution in [1.29, 1.82) is 0 Å². The van der Waals surface area contributed by atoms with Gasteiger partial charge in [-0.15, -0.1) is 12.4 Å². The topological polar surface area (TPSA) is 55.1 Å². The second kappa shape index (κ2) is 6.79. The van der Waals surface area contributed by atoms with Crippen LogP contribution in [0.2, 0.25) is 0 Å². The van der Waals surface area contributed by atoms with Gasteiger partial charge in [0.1, 0.15) is 6.04 Å². The third kappa shape index (κ3) is 3.58. The van der Waals surface area contributed by atoms with Crippen LogP contribution in [-0.4, -0.2) is 5.91 Å². The Kier molecular flexibility index (Phi) is 5.36. The molecule has 0 aliphatic carbocycles. The molecule has 94 valence electrons. The second-order valence-corrected chi connectivity index (χ2v) is 3.74. The Balaban J connectivity index is 0.00000162. The Bertz CT molecular complexity index is 488. The number of carbonyl (C=O) groups is 1. The molecule has 0 fully saturated rings. The molecular weight excluding hydrogens is 248 g/mol. The molecule has 0 aliphatic heterocycles. The molecule has 3 N–H and O–H groups in total. The summed E-state index contributed by atoms with van der Waals surface area (Å²) >= 11 is 0. The van der Waals surface area contributed by atoms with Crippen molar-refractivity contribution in [3.8, 4) is 0 Å². The van der Waals surface area contributed by atoms with Crippen molar-refractivity contribution in [2.45, 2.75) is 6.04 Å². The number of benzene rings is 2. The fraction of sp³-hybridized carbons (Fsp3) is 0.0714. The molecule has 0 saturated carbocycles. The van der Waals surface area contributed by atoms with Gasteiger partial charge in [0.2, 0.25) is 5.91 Å². The van der Waals surface area contributed by atoms with Crippen molar-refractivity contribution in [1.82, 2.24) is 0 Å². The van der Waals surface area contributed by atoms with Gasteiger partial charge >= 0.3 is 0 Å². The van der Waals surface area contributed by atoms with Crippen LogP contribution in [0.15, 0.2) is 60.7 Å². The van der Waals surface area contributed by atoms with Gasteiger partial charge in [0.15, 0.2) is 0 Å². The molecule has 1 amide bonds. The quantitative estimate of drug-likeness (QED) is 0.894. The summed E-state index contributed by atoms with van der Waals surface area (Å²) in [5.74, 6) is -0.206. The number of amides is 1. The number of hydrogen-bond acceptors (Lipinski definition) is 2. The Morgan fingerprint density at radius 1 is 0.944 bits per heavy atom. The van der Waals surface area contributed by atoms with Gasteiger partial charge < -0.3 is 11.1 Å². The second-order valence-electron chi connectivity index (χ2n) is 3.74. The molecule has 4 heteroatoms. The first-order valence-corrected chi connectivity index (χ1v) is 5.44. The van der Waals surface area contributed by atoms with E-state index in [9.17, 15) is 4.79 Å². The number of nitrogens with one attached hydrogen (secondary N) is 1. The summed E-state index contributed by atoms with van der Waals surface area (Å²) < 4.78 is 0. The highest BCUT2D eigenvalue weighted by Gasteiger charge is 2.14. The highest BCUT2D eigenvalue weighted by molar-refractivity contribution is 5.95. The summed E-state index contributed by atoms with van der Waals surface area (Å²) in [6.45, 7) is 0. The molecule has 0 radical (unpaired) electrons. The van der Waals surface area contributed by atoms with E-state index in [2.05, 4.69) is 5.32 Å². The van der Waals surface area contributed by atoms with Gasteiger partial charge in [-0.05, 0) is 17.7 Å². The lowest BCUT2D eigenvalue weighted by atomic mass is 10.1. The molecule has 0 heterocycles. The van der Waals surface area contributed by atoms with E-state index < -0.39 is 6.04 Å². The molecular formula is C14H15ClN2O. The number of para-hydroxylation sites is 1. The summed E-state index contributed by atoms with van der Waals surface area (Å²) in [6, 6.07) is 18.0. The van der Waals surface area contributed by atoms with Crippen LogP contribution in [0.5, 0.6) is 0 Å². The fourth-order valence-electron chi connectivity index (χ4n) is 1.55. The number of rotatable bonds is 3. The van der Waals surface area contributed by atoms with Gasteiger partial charge in [-0.1, -0.05) is 48.5 Å². The number of anilines is 1. The Hall–Kier alpha value is -1.84. The smallest absolute Gasteiger partial charge is 0.245 e. The van der Waals surface area contributed by atoms with Crippen molar-refractivity contribution in [3.05, 3.63) is 66.2 Å². The third-order valence-corrected chi connectivity index (χ3v) is 2.48. The molecule has 0 saturated heterocycles. The molecule has 0 bridgehead atoms. The zero-order chi connectivity index (χ0) is 12.1. The van der Waals surface area contributed by atoms with Crippen molar-refractivity contribution in [2.75, 3.05) is 5.32 Å². The third-order valence-electron chi connectivity index (χ3n) is 2.48. The Morgan fingerprint density at radius 3 is 2.00 bits per heavy atom. The molecule has 0 aromatic heterocycles. The lowest BCUT2D eigenvalue weighted by Gasteiger charge is -2.12. The number of nitrogens with two attached hydrogens (primary N) is 1. The van der Waals surface area contributed by atoms with Crippen LogP contribution in [0, 0.1) is 0 Å². The van der Waals surface area contributed by atoms with Crippen LogP contribution < -0.4 is 11.1 Å². The monoisotopic (exact) mass is 262 g/mol. The molecule has 1 atom stereocenters. The maximum absolute atomic E-state index is 11.9. The zero-order valence-electron chi connectivity index (χ0n) is 9.74. The normalized spacial score (nSPS) is 11.2. The fourth-order valence-corrected chi connectivity index (χ4v) is 1.55. The molecule has 2 aromatic carbocycles. The summed E-state index contributed by atoms with van der Waals surface area (Å²) in [4.78, 5) is 11.9. The first-order chi connectivity index (χ1) is 8.27. The van der Waals surface area contributed by atoms with E-state index in [0.717, 1.165) is 11.3 Å². The average Bonchev–Trinajstić information content (AvgIpc) is 2.40. The molecule has 0 aliphatic rings. The van der Waals surface area contributed by atoms with Gasteiger partial charge in [-0.25, -0.2) is 0 Å². The van der Waals surface area contributed by atoms with E-state index in [4.69, 9.17) is 5.73 Å². The van der Waals surface area contributed by atoms with Crippen LogP contribution in [0.25, 0.3) is 0 Å². The van der Waals surface area contributed by atoms with Crippen LogP contribution in [0.3, 0.4) is 0 Å². The molecule has 2 aromatic rings. The Labute approximate surface area is 112 Å². The molecule has 0 spiro atoms. The predicted octanol–water partition coefficient (Wildman–Crippen LogP) is 2.75. The van der Waals surface area contributed by atoms with Gasteiger partial charge in [0.25, 0.3) is 0 Å². The lowest BCUT2D eigenvalue weighted by Crippen LogP contribution is -2.27. The van der Waals surface area contributed by atoms with Crippen molar-refractivity contribution in [3.63, 3.8) is 0 Å². The molecule has 18 heavy (non-hydrogen) atoms. The summed E-state index contributed by atoms with van der Waals surface area (Å²) in [7, 11) is 0. The minimum absolute atomic E-state index is 0. The van der Waals surface area contributed by atoms with Crippen LogP contribution in [0.1, 0.15) is 11.6 Å². The van der Waals surface area contributed by atoms with Gasteiger partial charge in [-0.3, -0.25) is 4.79 Å². The molecule has 2 rings (SSSR count). The minimum atomic E-state index is -0.642. The SMILES string of the molecule is Cl.N[C@H](C(=O)Nc1ccccc1)c1ccccc1. The number of halogens is 1. The first-order valence-electron chi connectivity index (χ1n) is 5.44. The van der Waals surface area contributed by atoms with Crippen LogP contribution in [-0.2, 0) is 4.79 Å². The van der Waals surface area contributed by atoms with Gasteiger partial charge in [0, 0.05) is 5.69 Å². The molecule has 3 nitrogen and oxygen atoms in total. The highest BCUT2D eigenvalue weighted by atomic mass is 35.5. The van der Waals surface area contributed by atoms with E-state index >= 15 is 0 Å². The van der Waals surface area contributed by atoms with E-state index in [1.54, 1.807) is 0 Å². The van der Waals surface area contributed by atoms with Crippen molar-refractivity contribution < 1.29 is 4.79 Å². The number of carbonyl (C=O) groups excluding carboxylic acids is 1. The first kappa shape index (κ1) is 14.2. The summed E-state index contributed by atoms with van der Waals surface area (Å²) in [5.41, 5.74) is 7.43. The van der Waals surface area contributed by atoms with E-state index in [1.807, 2.05) is 60.7 Å². The predicted molar refractivity (Wildman–Crippen MR) is 75.7 cm³/mol. The largest absolute Gasteiger partial charge is 0.324 e. The zero-order valence-corrected chi connectivity index (χ0v) is 10.6. The van der Waals surface area contributed by atoms with E-state index in [1.165, 1.54) is 0 Å². The summed E-state index contributed by atoms with van der Waals surface area (Å²) in [6.07, 6.45) is 0. The van der Waals surface area contributed by atoms with Crippen LogP contribution >= 0.6 is 12.4 Å². The standard InChI is InChI=1S/C14H14N2O.ClH/c15-13(11-7-3-1-4-8-11)14(17)16-12-9-5-2-6-10-12;/h1-10,13H,15H2,(H,16,17);1H/t13-;/m0./s1. The average molecular weight is 263 g/mol. The van der Waals surface area contributed by atoms with Gasteiger partial charge in [0.05, 0.1) is 0 Å². The highest BCUT2D eigenvalue weighted by Crippen LogP contribution is 2.13.